The van der Waals surface area contributed by atoms with Gasteiger partial charge in [-0.25, -0.2) is 0 Å². The first kappa shape index (κ1) is 23.8. The third kappa shape index (κ3) is 4.53. The molecule has 4 aromatic rings. The number of benzene rings is 4. The van der Waals surface area contributed by atoms with E-state index in [-0.39, 0.29) is 17.9 Å². The second-order valence-corrected chi connectivity index (χ2v) is 8.52. The molecule has 1 aliphatic heterocycles. The molecule has 0 spiro atoms. The van der Waals surface area contributed by atoms with Crippen LogP contribution in [0.25, 0.3) is 10.8 Å². The van der Waals surface area contributed by atoms with E-state index in [0.29, 0.717) is 34.1 Å². The highest BCUT2D eigenvalue weighted by molar-refractivity contribution is 5.89. The topological polar surface area (TPSA) is 104 Å². The molecular weight excluding hydrogens is 468 g/mol. The third-order valence-electron chi connectivity index (χ3n) is 6.38. The molecule has 1 aliphatic rings. The summed E-state index contributed by atoms with van der Waals surface area (Å²) in [6.45, 7) is 0. The molecule has 0 saturated heterocycles. The quantitative estimate of drug-likeness (QED) is 0.291. The first-order valence-electron chi connectivity index (χ1n) is 11.6. The van der Waals surface area contributed by atoms with E-state index in [4.69, 9.17) is 24.7 Å². The van der Waals surface area contributed by atoms with E-state index in [1.807, 2.05) is 42.5 Å². The number of carbonyl (C=O) groups excluding carboxylic acids is 1. The number of hydrogen-bond acceptors (Lipinski definition) is 7. The van der Waals surface area contributed by atoms with Crippen LogP contribution in [0, 0.1) is 11.3 Å². The minimum atomic E-state index is -0.556. The summed E-state index contributed by atoms with van der Waals surface area (Å²) < 4.78 is 22.4. The molecule has 1 atom stereocenters. The zero-order valence-corrected chi connectivity index (χ0v) is 20.4. The van der Waals surface area contributed by atoms with Crippen molar-refractivity contribution in [3.8, 4) is 29.1 Å². The number of carbonyl (C=O) groups is 1. The predicted molar refractivity (Wildman–Crippen MR) is 139 cm³/mol. The standard InChI is InChI=1S/C30H24N2O5/c1-34-20-11-13-26(35-2)24(15-20)29-23-12-10-21(16-27(23)37-30(32)25(29)17-31)36-28(33)14-19-8-5-7-18-6-3-4-9-22(18)19/h3-13,15-16,29H,14,32H2,1-2H3. The Labute approximate surface area is 214 Å². The van der Waals surface area contributed by atoms with Gasteiger partial charge in [-0.3, -0.25) is 4.79 Å². The molecule has 0 radical (unpaired) electrons. The van der Waals surface area contributed by atoms with E-state index in [1.165, 1.54) is 0 Å². The zero-order valence-electron chi connectivity index (χ0n) is 20.4. The maximum Gasteiger partial charge on any atom is 0.315 e. The fraction of sp³-hybridized carbons (Fsp3) is 0.133. The Morgan fingerprint density at radius 3 is 2.51 bits per heavy atom. The van der Waals surface area contributed by atoms with Gasteiger partial charge < -0.3 is 24.7 Å². The minimum absolute atomic E-state index is 0.0240. The average Bonchev–Trinajstić information content (AvgIpc) is 2.92. The second kappa shape index (κ2) is 9.96. The van der Waals surface area contributed by atoms with Gasteiger partial charge in [0.2, 0.25) is 5.88 Å². The first-order valence-corrected chi connectivity index (χ1v) is 11.6. The summed E-state index contributed by atoms with van der Waals surface area (Å²) in [5.74, 6) is 0.904. The van der Waals surface area contributed by atoms with Gasteiger partial charge in [0.15, 0.2) is 0 Å². The molecule has 1 heterocycles. The summed E-state index contributed by atoms with van der Waals surface area (Å²) >= 11 is 0. The molecule has 7 heteroatoms. The molecule has 0 aliphatic carbocycles. The fourth-order valence-corrected chi connectivity index (χ4v) is 4.65. The SMILES string of the molecule is COc1ccc(OC)c(C2C(C#N)=C(N)Oc3cc(OC(=O)Cc4cccc5ccccc45)ccc32)c1. The molecule has 37 heavy (non-hydrogen) atoms. The van der Waals surface area contributed by atoms with Crippen LogP contribution in [0.5, 0.6) is 23.0 Å². The molecule has 0 fully saturated rings. The minimum Gasteiger partial charge on any atom is -0.497 e. The number of fused-ring (bicyclic) bond motifs is 2. The van der Waals surface area contributed by atoms with Gasteiger partial charge in [0.05, 0.1) is 26.6 Å². The van der Waals surface area contributed by atoms with Gasteiger partial charge in [-0.1, -0.05) is 48.5 Å². The summed E-state index contributed by atoms with van der Waals surface area (Å²) in [7, 11) is 3.13. The van der Waals surface area contributed by atoms with E-state index < -0.39 is 11.9 Å². The fourth-order valence-electron chi connectivity index (χ4n) is 4.65. The van der Waals surface area contributed by atoms with Crippen molar-refractivity contribution in [3.05, 3.63) is 107 Å². The van der Waals surface area contributed by atoms with Crippen molar-refractivity contribution in [3.63, 3.8) is 0 Å². The Morgan fingerprint density at radius 1 is 0.946 bits per heavy atom. The van der Waals surface area contributed by atoms with Crippen LogP contribution in [0.2, 0.25) is 0 Å². The van der Waals surface area contributed by atoms with Gasteiger partial charge >= 0.3 is 5.97 Å². The zero-order chi connectivity index (χ0) is 25.9. The molecule has 184 valence electrons. The molecule has 0 aromatic heterocycles. The molecular formula is C30H24N2O5. The third-order valence-corrected chi connectivity index (χ3v) is 6.38. The Balaban J connectivity index is 1.46. The second-order valence-electron chi connectivity index (χ2n) is 8.52. The van der Waals surface area contributed by atoms with Crippen molar-refractivity contribution in [1.29, 1.82) is 5.26 Å². The highest BCUT2D eigenvalue weighted by Crippen LogP contribution is 2.46. The monoisotopic (exact) mass is 492 g/mol. The van der Waals surface area contributed by atoms with Crippen LogP contribution in [0.1, 0.15) is 22.6 Å². The van der Waals surface area contributed by atoms with Gasteiger partial charge in [0, 0.05) is 17.2 Å². The van der Waals surface area contributed by atoms with E-state index in [9.17, 15) is 10.1 Å². The Kier molecular flexibility index (Phi) is 6.40. The highest BCUT2D eigenvalue weighted by Gasteiger charge is 2.33. The van der Waals surface area contributed by atoms with Crippen LogP contribution < -0.4 is 24.7 Å². The van der Waals surface area contributed by atoms with Crippen molar-refractivity contribution >= 4 is 16.7 Å². The molecule has 0 saturated carbocycles. The molecule has 4 aromatic carbocycles. The lowest BCUT2D eigenvalue weighted by molar-refractivity contribution is -0.133. The van der Waals surface area contributed by atoms with Crippen LogP contribution >= 0.6 is 0 Å². The Hall–Kier alpha value is -4.96. The van der Waals surface area contributed by atoms with Crippen molar-refractivity contribution < 1.29 is 23.7 Å². The summed E-state index contributed by atoms with van der Waals surface area (Å²) in [5, 5.41) is 12.0. The van der Waals surface area contributed by atoms with Crippen molar-refractivity contribution in [1.82, 2.24) is 0 Å². The average molecular weight is 493 g/mol. The number of allylic oxidation sites excluding steroid dienone is 1. The smallest absolute Gasteiger partial charge is 0.315 e. The van der Waals surface area contributed by atoms with Crippen LogP contribution in [0.15, 0.2) is 90.3 Å². The number of nitriles is 1. The summed E-state index contributed by atoms with van der Waals surface area (Å²) in [6.07, 6.45) is 0.115. The first-order chi connectivity index (χ1) is 18.0. The number of nitrogens with two attached hydrogens (primary N) is 1. The molecule has 1 unspecified atom stereocenters. The summed E-state index contributed by atoms with van der Waals surface area (Å²) in [6, 6.07) is 26.3. The number of hydrogen-bond donors (Lipinski definition) is 1. The van der Waals surface area contributed by atoms with Crippen molar-refractivity contribution in [2.45, 2.75) is 12.3 Å². The number of ether oxygens (including phenoxy) is 4. The predicted octanol–water partition coefficient (Wildman–Crippen LogP) is 5.22. The van der Waals surface area contributed by atoms with Crippen LogP contribution in [-0.4, -0.2) is 20.2 Å². The number of methoxy groups -OCH3 is 2. The van der Waals surface area contributed by atoms with Gasteiger partial charge in [-0.05, 0) is 40.6 Å². The molecule has 7 nitrogen and oxygen atoms in total. The lowest BCUT2D eigenvalue weighted by atomic mass is 9.83. The summed E-state index contributed by atoms with van der Waals surface area (Å²) in [5.41, 5.74) is 8.67. The van der Waals surface area contributed by atoms with Gasteiger partial charge in [0.25, 0.3) is 0 Å². The van der Waals surface area contributed by atoms with E-state index in [1.54, 1.807) is 50.6 Å². The van der Waals surface area contributed by atoms with Crippen LogP contribution in [0.3, 0.4) is 0 Å². The maximum atomic E-state index is 12.8. The lowest BCUT2D eigenvalue weighted by Crippen LogP contribution is -2.21. The van der Waals surface area contributed by atoms with Crippen LogP contribution in [-0.2, 0) is 11.2 Å². The molecule has 2 N–H and O–H groups in total. The largest absolute Gasteiger partial charge is 0.497 e. The molecule has 5 rings (SSSR count). The van der Waals surface area contributed by atoms with Crippen molar-refractivity contribution in [2.75, 3.05) is 14.2 Å². The number of nitrogens with zero attached hydrogens (tertiary/aromatic N) is 1. The highest BCUT2D eigenvalue weighted by atomic mass is 16.5. The van der Waals surface area contributed by atoms with Crippen molar-refractivity contribution in [2.24, 2.45) is 5.73 Å². The lowest BCUT2D eigenvalue weighted by Gasteiger charge is -2.28. The molecule has 0 amide bonds. The van der Waals surface area contributed by atoms with E-state index in [0.717, 1.165) is 16.3 Å². The van der Waals surface area contributed by atoms with Gasteiger partial charge in [-0.15, -0.1) is 0 Å². The van der Waals surface area contributed by atoms with Gasteiger partial charge in [0.1, 0.15) is 34.6 Å². The van der Waals surface area contributed by atoms with E-state index in [2.05, 4.69) is 6.07 Å². The normalized spacial score (nSPS) is 14.4. The maximum absolute atomic E-state index is 12.8. The number of rotatable bonds is 6. The number of esters is 1. The summed E-state index contributed by atoms with van der Waals surface area (Å²) in [4.78, 5) is 12.8. The Bertz CT molecular complexity index is 1580. The molecule has 0 bridgehead atoms. The Morgan fingerprint density at radius 2 is 1.73 bits per heavy atom. The van der Waals surface area contributed by atoms with Crippen LogP contribution in [0.4, 0.5) is 0 Å². The van der Waals surface area contributed by atoms with E-state index >= 15 is 0 Å². The van der Waals surface area contributed by atoms with Gasteiger partial charge in [-0.2, -0.15) is 5.26 Å².